The number of hydrogen-bond donors (Lipinski definition) is 1. The van der Waals surface area contributed by atoms with Crippen LogP contribution in [0.25, 0.3) is 11.1 Å². The minimum atomic E-state index is -0.141. The molecular weight excluding hydrogens is 324 g/mol. The van der Waals surface area contributed by atoms with E-state index in [2.05, 4.69) is 36.5 Å². The normalized spacial score (nSPS) is 11.0. The second kappa shape index (κ2) is 6.56. The SMILES string of the molecule is Cc1ccc(Cn2c(C(=O)Nc3ccccc3C)cc3occc32)cc1. The van der Waals surface area contributed by atoms with Gasteiger partial charge in [0.05, 0.1) is 11.8 Å². The monoisotopic (exact) mass is 344 g/mol. The molecule has 0 spiro atoms. The van der Waals surface area contributed by atoms with Gasteiger partial charge in [0.1, 0.15) is 5.69 Å². The lowest BCUT2D eigenvalue weighted by Gasteiger charge is -2.12. The first-order chi connectivity index (χ1) is 12.6. The van der Waals surface area contributed by atoms with Crippen molar-refractivity contribution in [3.05, 3.63) is 89.3 Å². The molecule has 0 radical (unpaired) electrons. The van der Waals surface area contributed by atoms with Crippen molar-refractivity contribution in [1.82, 2.24) is 4.57 Å². The fraction of sp³-hybridized carbons (Fsp3) is 0.136. The summed E-state index contributed by atoms with van der Waals surface area (Å²) in [7, 11) is 0. The molecule has 2 aromatic heterocycles. The van der Waals surface area contributed by atoms with Gasteiger partial charge in [0.25, 0.3) is 5.91 Å². The Bertz CT molecular complexity index is 1070. The van der Waals surface area contributed by atoms with Crippen LogP contribution in [-0.4, -0.2) is 10.5 Å². The predicted molar refractivity (Wildman–Crippen MR) is 104 cm³/mol. The number of benzene rings is 2. The molecule has 0 aliphatic heterocycles. The number of nitrogens with one attached hydrogen (secondary N) is 1. The van der Waals surface area contributed by atoms with Crippen molar-refractivity contribution < 1.29 is 9.21 Å². The Kier molecular flexibility index (Phi) is 4.09. The van der Waals surface area contributed by atoms with Crippen LogP contribution in [0.1, 0.15) is 27.2 Å². The molecule has 4 nitrogen and oxygen atoms in total. The molecule has 0 aliphatic rings. The Balaban J connectivity index is 1.70. The van der Waals surface area contributed by atoms with Gasteiger partial charge in [0.15, 0.2) is 5.58 Å². The first-order valence-corrected chi connectivity index (χ1v) is 8.61. The van der Waals surface area contributed by atoms with Gasteiger partial charge in [-0.3, -0.25) is 4.79 Å². The third-order valence-corrected chi connectivity index (χ3v) is 4.61. The number of rotatable bonds is 4. The number of para-hydroxylation sites is 1. The smallest absolute Gasteiger partial charge is 0.272 e. The molecule has 0 fully saturated rings. The minimum absolute atomic E-state index is 0.141. The summed E-state index contributed by atoms with van der Waals surface area (Å²) < 4.78 is 7.52. The highest BCUT2D eigenvalue weighted by atomic mass is 16.3. The third-order valence-electron chi connectivity index (χ3n) is 4.61. The van der Waals surface area contributed by atoms with E-state index in [4.69, 9.17) is 4.42 Å². The van der Waals surface area contributed by atoms with Gasteiger partial charge in [-0.05, 0) is 31.0 Å². The fourth-order valence-corrected chi connectivity index (χ4v) is 3.11. The van der Waals surface area contributed by atoms with Gasteiger partial charge in [-0.1, -0.05) is 48.0 Å². The summed E-state index contributed by atoms with van der Waals surface area (Å²) in [6.07, 6.45) is 1.65. The summed E-state index contributed by atoms with van der Waals surface area (Å²) in [5.74, 6) is -0.141. The number of carbonyl (C=O) groups excluding carboxylic acids is 1. The van der Waals surface area contributed by atoms with Crippen LogP contribution < -0.4 is 5.32 Å². The van der Waals surface area contributed by atoms with Crippen LogP contribution in [0, 0.1) is 13.8 Å². The van der Waals surface area contributed by atoms with Gasteiger partial charge < -0.3 is 14.3 Å². The van der Waals surface area contributed by atoms with Crippen molar-refractivity contribution in [2.24, 2.45) is 0 Å². The van der Waals surface area contributed by atoms with Crippen molar-refractivity contribution in [2.45, 2.75) is 20.4 Å². The van der Waals surface area contributed by atoms with Gasteiger partial charge in [-0.25, -0.2) is 0 Å². The van der Waals surface area contributed by atoms with Crippen molar-refractivity contribution in [3.63, 3.8) is 0 Å². The Morgan fingerprint density at radius 1 is 1.04 bits per heavy atom. The lowest BCUT2D eigenvalue weighted by Crippen LogP contribution is -2.18. The molecule has 0 saturated heterocycles. The number of aryl methyl sites for hydroxylation is 2. The van der Waals surface area contributed by atoms with E-state index in [0.29, 0.717) is 17.8 Å². The highest BCUT2D eigenvalue weighted by molar-refractivity contribution is 6.06. The van der Waals surface area contributed by atoms with Crippen LogP contribution in [0.2, 0.25) is 0 Å². The maximum absolute atomic E-state index is 12.9. The molecule has 26 heavy (non-hydrogen) atoms. The molecular formula is C22H20N2O2. The van der Waals surface area contributed by atoms with Gasteiger partial charge in [-0.2, -0.15) is 0 Å². The average molecular weight is 344 g/mol. The lowest BCUT2D eigenvalue weighted by atomic mass is 10.1. The molecule has 0 aliphatic carbocycles. The number of aromatic nitrogens is 1. The first kappa shape index (κ1) is 16.2. The van der Waals surface area contributed by atoms with E-state index in [-0.39, 0.29) is 5.91 Å². The fourth-order valence-electron chi connectivity index (χ4n) is 3.11. The highest BCUT2D eigenvalue weighted by Gasteiger charge is 2.18. The number of nitrogens with zero attached hydrogens (tertiary/aromatic N) is 1. The van der Waals surface area contributed by atoms with Crippen LogP contribution in [0.5, 0.6) is 0 Å². The predicted octanol–water partition coefficient (Wildman–Crippen LogP) is 5.15. The Morgan fingerprint density at radius 2 is 1.81 bits per heavy atom. The summed E-state index contributed by atoms with van der Waals surface area (Å²) in [4.78, 5) is 12.9. The van der Waals surface area contributed by atoms with Gasteiger partial charge >= 0.3 is 0 Å². The number of carbonyl (C=O) groups is 1. The standard InChI is InChI=1S/C22H20N2O2/c1-15-7-9-17(10-8-15)14-24-19-11-12-26-21(19)13-20(24)22(25)23-18-6-4-3-5-16(18)2/h3-13H,14H2,1-2H3,(H,23,25). The zero-order chi connectivity index (χ0) is 18.1. The van der Waals surface area contributed by atoms with Gasteiger partial charge in [0.2, 0.25) is 0 Å². The van der Waals surface area contributed by atoms with Crippen LogP contribution in [-0.2, 0) is 6.54 Å². The van der Waals surface area contributed by atoms with E-state index < -0.39 is 0 Å². The summed E-state index contributed by atoms with van der Waals surface area (Å²) in [5.41, 5.74) is 6.42. The Hall–Kier alpha value is -3.27. The summed E-state index contributed by atoms with van der Waals surface area (Å²) in [6, 6.07) is 19.8. The van der Waals surface area contributed by atoms with Crippen LogP contribution in [0.3, 0.4) is 0 Å². The molecule has 130 valence electrons. The number of furan rings is 1. The van der Waals surface area contributed by atoms with Crippen LogP contribution in [0.15, 0.2) is 71.3 Å². The van der Waals surface area contributed by atoms with E-state index in [9.17, 15) is 4.79 Å². The van der Waals surface area contributed by atoms with Gasteiger partial charge in [0, 0.05) is 24.4 Å². The molecule has 2 heterocycles. The van der Waals surface area contributed by atoms with Gasteiger partial charge in [-0.15, -0.1) is 0 Å². The molecule has 0 atom stereocenters. The lowest BCUT2D eigenvalue weighted by molar-refractivity contribution is 0.101. The maximum Gasteiger partial charge on any atom is 0.272 e. The summed E-state index contributed by atoms with van der Waals surface area (Å²) in [5, 5.41) is 3.01. The van der Waals surface area contributed by atoms with Crippen molar-refractivity contribution in [2.75, 3.05) is 5.32 Å². The summed E-state index contributed by atoms with van der Waals surface area (Å²) >= 11 is 0. The molecule has 4 heteroatoms. The molecule has 0 bridgehead atoms. The molecule has 4 aromatic rings. The molecule has 4 rings (SSSR count). The second-order valence-corrected chi connectivity index (χ2v) is 6.54. The molecule has 2 aromatic carbocycles. The van der Waals surface area contributed by atoms with Crippen molar-refractivity contribution >= 4 is 22.7 Å². The van der Waals surface area contributed by atoms with Crippen LogP contribution >= 0.6 is 0 Å². The quantitative estimate of drug-likeness (QED) is 0.556. The molecule has 1 amide bonds. The van der Waals surface area contributed by atoms with E-state index in [1.54, 1.807) is 12.3 Å². The topological polar surface area (TPSA) is 47.2 Å². The van der Waals surface area contributed by atoms with Crippen molar-refractivity contribution in [1.29, 1.82) is 0 Å². The highest BCUT2D eigenvalue weighted by Crippen LogP contribution is 2.24. The Morgan fingerprint density at radius 3 is 2.58 bits per heavy atom. The maximum atomic E-state index is 12.9. The minimum Gasteiger partial charge on any atom is -0.463 e. The average Bonchev–Trinajstić information content (AvgIpc) is 3.21. The zero-order valence-corrected chi connectivity index (χ0v) is 14.8. The first-order valence-electron chi connectivity index (χ1n) is 8.61. The number of hydrogen-bond acceptors (Lipinski definition) is 2. The number of fused-ring (bicyclic) bond motifs is 1. The molecule has 0 unspecified atom stereocenters. The second-order valence-electron chi connectivity index (χ2n) is 6.54. The van der Waals surface area contributed by atoms with Crippen LogP contribution in [0.4, 0.5) is 5.69 Å². The zero-order valence-electron chi connectivity index (χ0n) is 14.8. The van der Waals surface area contributed by atoms with E-state index in [0.717, 1.165) is 22.3 Å². The van der Waals surface area contributed by atoms with E-state index in [1.807, 2.05) is 41.8 Å². The molecule has 0 saturated carbocycles. The third kappa shape index (κ3) is 3.02. The largest absolute Gasteiger partial charge is 0.463 e. The number of amides is 1. The summed E-state index contributed by atoms with van der Waals surface area (Å²) in [6.45, 7) is 4.65. The number of anilines is 1. The molecule has 1 N–H and O–H groups in total. The van der Waals surface area contributed by atoms with E-state index in [1.165, 1.54) is 5.56 Å². The van der Waals surface area contributed by atoms with Crippen molar-refractivity contribution in [3.8, 4) is 0 Å². The van der Waals surface area contributed by atoms with E-state index >= 15 is 0 Å². The Labute approximate surface area is 152 Å².